The topological polar surface area (TPSA) is 80.9 Å². The summed E-state index contributed by atoms with van der Waals surface area (Å²) in [5.74, 6) is -0.213. The maximum atomic E-state index is 10.7. The fraction of sp³-hybridized carbons (Fsp3) is 0.333. The number of halogens is 1. The molecule has 7 heteroatoms. The van der Waals surface area contributed by atoms with Gasteiger partial charge in [0.2, 0.25) is 0 Å². The molecule has 1 aromatic heterocycles. The van der Waals surface area contributed by atoms with Crippen molar-refractivity contribution in [2.24, 2.45) is 5.92 Å². The van der Waals surface area contributed by atoms with Crippen LogP contribution in [0.5, 0.6) is 0 Å². The lowest BCUT2D eigenvalue weighted by Crippen LogP contribution is -2.14. The summed E-state index contributed by atoms with van der Waals surface area (Å²) >= 11 is 3.40. The van der Waals surface area contributed by atoms with Gasteiger partial charge in [0.1, 0.15) is 0 Å². The zero-order chi connectivity index (χ0) is 13.8. The SMILES string of the molecule is CC(CC(=O)O)Cn1nnnc1-c1cccc(Br)c1. The molecule has 0 saturated heterocycles. The van der Waals surface area contributed by atoms with Crippen LogP contribution in [-0.4, -0.2) is 31.3 Å². The van der Waals surface area contributed by atoms with Crippen LogP contribution < -0.4 is 0 Å². The van der Waals surface area contributed by atoms with Gasteiger partial charge in [-0.3, -0.25) is 4.79 Å². The first-order valence-electron chi connectivity index (χ1n) is 5.80. The number of carboxylic acids is 1. The zero-order valence-electron chi connectivity index (χ0n) is 10.3. The average molecular weight is 325 g/mol. The van der Waals surface area contributed by atoms with Crippen molar-refractivity contribution in [3.8, 4) is 11.4 Å². The first-order chi connectivity index (χ1) is 9.06. The minimum atomic E-state index is -0.815. The first kappa shape index (κ1) is 13.7. The third-order valence-electron chi connectivity index (χ3n) is 2.62. The predicted molar refractivity (Wildman–Crippen MR) is 72.4 cm³/mol. The molecule has 0 aliphatic carbocycles. The molecule has 2 rings (SSSR count). The van der Waals surface area contributed by atoms with Gasteiger partial charge in [0, 0.05) is 23.0 Å². The molecule has 0 spiro atoms. The highest BCUT2D eigenvalue weighted by molar-refractivity contribution is 9.10. The van der Waals surface area contributed by atoms with Crippen LogP contribution >= 0.6 is 15.9 Å². The van der Waals surface area contributed by atoms with Gasteiger partial charge < -0.3 is 5.11 Å². The van der Waals surface area contributed by atoms with E-state index in [1.807, 2.05) is 31.2 Å². The van der Waals surface area contributed by atoms with E-state index in [4.69, 9.17) is 5.11 Å². The third-order valence-corrected chi connectivity index (χ3v) is 3.12. The summed E-state index contributed by atoms with van der Waals surface area (Å²) in [5.41, 5.74) is 0.891. The Bertz CT molecular complexity index is 585. The van der Waals surface area contributed by atoms with Gasteiger partial charge >= 0.3 is 5.97 Å². The van der Waals surface area contributed by atoms with Crippen LogP contribution in [0.3, 0.4) is 0 Å². The Morgan fingerprint density at radius 2 is 2.32 bits per heavy atom. The van der Waals surface area contributed by atoms with Crippen molar-refractivity contribution in [3.05, 3.63) is 28.7 Å². The van der Waals surface area contributed by atoms with Crippen LogP contribution in [0.2, 0.25) is 0 Å². The number of nitrogens with zero attached hydrogens (tertiary/aromatic N) is 4. The summed E-state index contributed by atoms with van der Waals surface area (Å²) in [6, 6.07) is 7.66. The Kier molecular flexibility index (Phi) is 4.26. The smallest absolute Gasteiger partial charge is 0.303 e. The molecule has 19 heavy (non-hydrogen) atoms. The monoisotopic (exact) mass is 324 g/mol. The summed E-state index contributed by atoms with van der Waals surface area (Å²) in [7, 11) is 0. The molecule has 0 aliphatic rings. The molecule has 1 atom stereocenters. The predicted octanol–water partition coefficient (Wildman–Crippen LogP) is 2.21. The second-order valence-electron chi connectivity index (χ2n) is 4.40. The minimum Gasteiger partial charge on any atom is -0.481 e. The molecule has 1 aromatic carbocycles. The number of carbonyl (C=O) groups is 1. The van der Waals surface area contributed by atoms with Gasteiger partial charge in [-0.1, -0.05) is 35.0 Å². The van der Waals surface area contributed by atoms with E-state index in [0.717, 1.165) is 10.0 Å². The number of hydrogen-bond acceptors (Lipinski definition) is 4. The van der Waals surface area contributed by atoms with E-state index in [9.17, 15) is 4.79 Å². The normalized spacial score (nSPS) is 12.3. The third kappa shape index (κ3) is 3.60. The average Bonchev–Trinajstić information content (AvgIpc) is 2.75. The van der Waals surface area contributed by atoms with E-state index >= 15 is 0 Å². The van der Waals surface area contributed by atoms with Crippen molar-refractivity contribution >= 4 is 21.9 Å². The van der Waals surface area contributed by atoms with Crippen LogP contribution in [0.15, 0.2) is 28.7 Å². The van der Waals surface area contributed by atoms with Crippen molar-refractivity contribution in [1.29, 1.82) is 0 Å². The van der Waals surface area contributed by atoms with E-state index in [-0.39, 0.29) is 12.3 Å². The van der Waals surface area contributed by atoms with Crippen LogP contribution in [-0.2, 0) is 11.3 Å². The Labute approximate surface area is 118 Å². The molecule has 0 fully saturated rings. The summed E-state index contributed by atoms with van der Waals surface area (Å²) in [5, 5.41) is 20.3. The largest absolute Gasteiger partial charge is 0.481 e. The summed E-state index contributed by atoms with van der Waals surface area (Å²) < 4.78 is 2.58. The number of hydrogen-bond donors (Lipinski definition) is 1. The molecule has 0 aliphatic heterocycles. The highest BCUT2D eigenvalue weighted by Gasteiger charge is 2.14. The van der Waals surface area contributed by atoms with Crippen LogP contribution in [0, 0.1) is 5.92 Å². The van der Waals surface area contributed by atoms with Gasteiger partial charge in [-0.2, -0.15) is 0 Å². The van der Waals surface area contributed by atoms with E-state index in [1.54, 1.807) is 4.68 Å². The van der Waals surface area contributed by atoms with Crippen molar-refractivity contribution < 1.29 is 9.90 Å². The molecular weight excluding hydrogens is 312 g/mol. The lowest BCUT2D eigenvalue weighted by Gasteiger charge is -2.10. The van der Waals surface area contributed by atoms with E-state index in [2.05, 4.69) is 31.5 Å². The lowest BCUT2D eigenvalue weighted by atomic mass is 10.1. The second kappa shape index (κ2) is 5.92. The quantitative estimate of drug-likeness (QED) is 0.911. The number of benzene rings is 1. The van der Waals surface area contributed by atoms with Gasteiger partial charge in [0.15, 0.2) is 5.82 Å². The molecule has 100 valence electrons. The Balaban J connectivity index is 2.20. The van der Waals surface area contributed by atoms with Gasteiger partial charge in [-0.15, -0.1) is 5.10 Å². The van der Waals surface area contributed by atoms with Gasteiger partial charge in [-0.25, -0.2) is 4.68 Å². The first-order valence-corrected chi connectivity index (χ1v) is 6.59. The highest BCUT2D eigenvalue weighted by atomic mass is 79.9. The van der Waals surface area contributed by atoms with Crippen LogP contribution in [0.1, 0.15) is 13.3 Å². The molecule has 0 amide bonds. The van der Waals surface area contributed by atoms with Gasteiger partial charge in [0.25, 0.3) is 0 Å². The zero-order valence-corrected chi connectivity index (χ0v) is 11.9. The molecule has 1 heterocycles. The van der Waals surface area contributed by atoms with E-state index in [1.165, 1.54) is 0 Å². The maximum Gasteiger partial charge on any atom is 0.303 e. The Hall–Kier alpha value is -1.76. The second-order valence-corrected chi connectivity index (χ2v) is 5.31. The highest BCUT2D eigenvalue weighted by Crippen LogP contribution is 2.21. The van der Waals surface area contributed by atoms with Gasteiger partial charge in [0.05, 0.1) is 0 Å². The van der Waals surface area contributed by atoms with Crippen molar-refractivity contribution in [2.45, 2.75) is 19.9 Å². The standard InChI is InChI=1S/C12H13BrN4O2/c1-8(5-11(18)19)7-17-12(14-15-16-17)9-3-2-4-10(13)6-9/h2-4,6,8H,5,7H2,1H3,(H,18,19). The fourth-order valence-electron chi connectivity index (χ4n) is 1.82. The van der Waals surface area contributed by atoms with Crippen molar-refractivity contribution in [1.82, 2.24) is 20.2 Å². The number of rotatable bonds is 5. The minimum absolute atomic E-state index is 0.0353. The van der Waals surface area contributed by atoms with E-state index in [0.29, 0.717) is 12.4 Å². The maximum absolute atomic E-state index is 10.7. The lowest BCUT2D eigenvalue weighted by molar-refractivity contribution is -0.138. The molecular formula is C12H13BrN4O2. The van der Waals surface area contributed by atoms with Crippen molar-refractivity contribution in [2.75, 3.05) is 0 Å². The number of aromatic nitrogens is 4. The van der Waals surface area contributed by atoms with Crippen molar-refractivity contribution in [3.63, 3.8) is 0 Å². The summed E-state index contributed by atoms with van der Waals surface area (Å²) in [4.78, 5) is 10.7. The Morgan fingerprint density at radius 3 is 3.00 bits per heavy atom. The molecule has 2 aromatic rings. The number of carboxylic acid groups (broad SMARTS) is 1. The molecule has 1 N–H and O–H groups in total. The van der Waals surface area contributed by atoms with E-state index < -0.39 is 5.97 Å². The van der Waals surface area contributed by atoms with Gasteiger partial charge in [-0.05, 0) is 28.5 Å². The van der Waals surface area contributed by atoms with Crippen LogP contribution in [0.25, 0.3) is 11.4 Å². The molecule has 0 saturated carbocycles. The molecule has 0 radical (unpaired) electrons. The number of tetrazole rings is 1. The molecule has 0 bridgehead atoms. The fourth-order valence-corrected chi connectivity index (χ4v) is 2.22. The molecule has 6 nitrogen and oxygen atoms in total. The molecule has 1 unspecified atom stereocenters. The number of aliphatic carboxylic acids is 1. The Morgan fingerprint density at radius 1 is 1.53 bits per heavy atom. The summed E-state index contributed by atoms with van der Waals surface area (Å²) in [6.07, 6.45) is 0.0950. The summed E-state index contributed by atoms with van der Waals surface area (Å²) in [6.45, 7) is 2.33. The van der Waals surface area contributed by atoms with Crippen LogP contribution in [0.4, 0.5) is 0 Å².